The molecule has 0 fully saturated rings. The smallest absolute Gasteiger partial charge is 0.343 e. The Kier molecular flexibility index (Phi) is 15.5. The Balaban J connectivity index is 1.70. The van der Waals surface area contributed by atoms with Crippen LogP contribution < -0.4 is 18.9 Å². The minimum absolute atomic E-state index is 0.0580. The minimum atomic E-state index is -0.767. The van der Waals surface area contributed by atoms with Crippen LogP contribution in [0.5, 0.6) is 23.0 Å². The molecule has 10 nitrogen and oxygen atoms in total. The molecule has 3 aromatic carbocycles. The third kappa shape index (κ3) is 12.7. The van der Waals surface area contributed by atoms with E-state index in [1.807, 2.05) is 0 Å². The Morgan fingerprint density at radius 1 is 0.574 bits per heavy atom. The lowest BCUT2D eigenvalue weighted by Gasteiger charge is -2.13. The number of carbonyl (C=O) groups is 4. The van der Waals surface area contributed by atoms with Crippen LogP contribution in [0.25, 0.3) is 0 Å². The van der Waals surface area contributed by atoms with Crippen molar-refractivity contribution in [3.8, 4) is 23.0 Å². The van der Waals surface area contributed by atoms with Crippen molar-refractivity contribution in [1.82, 2.24) is 0 Å². The Labute approximate surface area is 275 Å². The monoisotopic (exact) mass is 646 g/mol. The molecular formula is C37H42O10. The average molecular weight is 647 g/mol. The van der Waals surface area contributed by atoms with E-state index >= 15 is 0 Å². The molecule has 0 aliphatic carbocycles. The second kappa shape index (κ2) is 20.1. The summed E-state index contributed by atoms with van der Waals surface area (Å²) in [4.78, 5) is 50.2. The number of unbranched alkanes of at least 4 members (excludes halogenated alkanes) is 4. The van der Waals surface area contributed by atoms with Crippen molar-refractivity contribution >= 4 is 23.9 Å². The summed E-state index contributed by atoms with van der Waals surface area (Å²) in [6, 6.07) is 17.1. The zero-order chi connectivity index (χ0) is 33.9. The normalized spacial score (nSPS) is 10.4. The summed E-state index contributed by atoms with van der Waals surface area (Å²) in [6.07, 6.45) is 6.67. The van der Waals surface area contributed by atoms with Crippen LogP contribution in [0.1, 0.15) is 89.9 Å². The molecule has 0 spiro atoms. The van der Waals surface area contributed by atoms with Crippen LogP contribution in [0.2, 0.25) is 0 Å². The van der Waals surface area contributed by atoms with E-state index in [-0.39, 0.29) is 41.4 Å². The molecule has 0 radical (unpaired) electrons. The van der Waals surface area contributed by atoms with Gasteiger partial charge in [0, 0.05) is 6.08 Å². The average Bonchev–Trinajstić information content (AvgIpc) is 3.09. The minimum Gasteiger partial charge on any atom is -0.494 e. The van der Waals surface area contributed by atoms with Gasteiger partial charge in [0.25, 0.3) is 0 Å². The summed E-state index contributed by atoms with van der Waals surface area (Å²) in [5.41, 5.74) is 0.443. The van der Waals surface area contributed by atoms with Gasteiger partial charge in [0.15, 0.2) is 0 Å². The highest BCUT2D eigenvalue weighted by atomic mass is 16.6. The molecule has 10 heteroatoms. The molecule has 0 aliphatic heterocycles. The molecule has 0 saturated carbocycles. The van der Waals surface area contributed by atoms with Crippen LogP contribution in [0.4, 0.5) is 0 Å². The number of rotatable bonds is 20. The maximum absolute atomic E-state index is 13.2. The van der Waals surface area contributed by atoms with Gasteiger partial charge < -0.3 is 28.4 Å². The molecule has 0 aromatic heterocycles. The van der Waals surface area contributed by atoms with E-state index in [9.17, 15) is 19.2 Å². The number of hydrogen-bond acceptors (Lipinski definition) is 10. The third-order valence-corrected chi connectivity index (χ3v) is 6.73. The zero-order valence-corrected chi connectivity index (χ0v) is 27.0. The van der Waals surface area contributed by atoms with Crippen LogP contribution in [-0.2, 0) is 14.3 Å². The van der Waals surface area contributed by atoms with Crippen LogP contribution >= 0.6 is 0 Å². The number of benzene rings is 3. The Hall–Kier alpha value is -5.12. The third-order valence-electron chi connectivity index (χ3n) is 6.73. The van der Waals surface area contributed by atoms with Gasteiger partial charge in [-0.1, -0.05) is 33.3 Å². The molecule has 3 rings (SSSR count). The van der Waals surface area contributed by atoms with E-state index in [1.54, 1.807) is 48.5 Å². The van der Waals surface area contributed by atoms with Crippen LogP contribution in [0, 0.1) is 0 Å². The molecule has 250 valence electrons. The molecule has 0 heterocycles. The van der Waals surface area contributed by atoms with Crippen molar-refractivity contribution < 1.29 is 47.6 Å². The van der Waals surface area contributed by atoms with Gasteiger partial charge in [0.05, 0.1) is 37.6 Å². The summed E-state index contributed by atoms with van der Waals surface area (Å²) in [7, 11) is 0. The van der Waals surface area contributed by atoms with E-state index in [1.165, 1.54) is 18.2 Å². The van der Waals surface area contributed by atoms with Gasteiger partial charge in [0.2, 0.25) is 0 Å². The highest BCUT2D eigenvalue weighted by Crippen LogP contribution is 2.27. The first-order chi connectivity index (χ1) is 22.8. The molecular weight excluding hydrogens is 604 g/mol. The van der Waals surface area contributed by atoms with Crippen molar-refractivity contribution in [1.29, 1.82) is 0 Å². The van der Waals surface area contributed by atoms with Crippen LogP contribution in [-0.4, -0.2) is 50.3 Å². The standard InChI is InChI=1S/C37H42O10/c1-4-7-22-42-29-16-12-27(13-17-29)35(39)46-31-20-21-33(47-36(40)28-14-18-30(19-15-28)43-23-8-5-2)32(26-31)37(41)45-25-11-9-10-24-44-34(38)6-3/h6,12-21,26H,3-5,7-11,22-25H2,1-2H3. The highest BCUT2D eigenvalue weighted by molar-refractivity contribution is 5.97. The molecule has 0 aliphatic rings. The Morgan fingerprint density at radius 3 is 1.62 bits per heavy atom. The molecule has 0 saturated heterocycles. The molecule has 47 heavy (non-hydrogen) atoms. The van der Waals surface area contributed by atoms with Gasteiger partial charge in [-0.2, -0.15) is 0 Å². The van der Waals surface area contributed by atoms with Crippen molar-refractivity contribution in [2.24, 2.45) is 0 Å². The maximum atomic E-state index is 13.2. The predicted octanol–water partition coefficient (Wildman–Crippen LogP) is 7.54. The number of esters is 4. The first-order valence-electron chi connectivity index (χ1n) is 15.8. The molecule has 0 atom stereocenters. The number of hydrogen-bond donors (Lipinski definition) is 0. The van der Waals surface area contributed by atoms with Gasteiger partial charge >= 0.3 is 23.9 Å². The van der Waals surface area contributed by atoms with Gasteiger partial charge in [-0.15, -0.1) is 0 Å². The lowest BCUT2D eigenvalue weighted by atomic mass is 10.1. The van der Waals surface area contributed by atoms with Crippen LogP contribution in [0.3, 0.4) is 0 Å². The number of ether oxygens (including phenoxy) is 6. The maximum Gasteiger partial charge on any atom is 0.343 e. The Bertz CT molecular complexity index is 1460. The van der Waals surface area contributed by atoms with Crippen molar-refractivity contribution in [2.45, 2.75) is 58.8 Å². The lowest BCUT2D eigenvalue weighted by Crippen LogP contribution is -2.15. The van der Waals surface area contributed by atoms with Gasteiger partial charge in [-0.05, 0) is 98.8 Å². The fourth-order valence-electron chi connectivity index (χ4n) is 4.04. The lowest BCUT2D eigenvalue weighted by molar-refractivity contribution is -0.137. The first-order valence-corrected chi connectivity index (χ1v) is 15.8. The van der Waals surface area contributed by atoms with E-state index in [0.717, 1.165) is 31.8 Å². The van der Waals surface area contributed by atoms with E-state index in [2.05, 4.69) is 20.4 Å². The second-order valence-corrected chi connectivity index (χ2v) is 10.5. The molecule has 3 aromatic rings. The topological polar surface area (TPSA) is 124 Å². The van der Waals surface area contributed by atoms with Crippen molar-refractivity contribution in [3.05, 3.63) is 96.1 Å². The zero-order valence-electron chi connectivity index (χ0n) is 27.0. The van der Waals surface area contributed by atoms with E-state index < -0.39 is 23.9 Å². The second-order valence-electron chi connectivity index (χ2n) is 10.5. The van der Waals surface area contributed by atoms with Gasteiger partial charge in [-0.25, -0.2) is 19.2 Å². The van der Waals surface area contributed by atoms with Gasteiger partial charge in [0.1, 0.15) is 28.6 Å². The van der Waals surface area contributed by atoms with Gasteiger partial charge in [-0.3, -0.25) is 0 Å². The fourth-order valence-corrected chi connectivity index (χ4v) is 4.04. The fraction of sp³-hybridized carbons (Fsp3) is 0.351. The summed E-state index contributed by atoms with van der Waals surface area (Å²) >= 11 is 0. The largest absolute Gasteiger partial charge is 0.494 e. The summed E-state index contributed by atoms with van der Waals surface area (Å²) < 4.78 is 32.8. The quantitative estimate of drug-likeness (QED) is 0.0526. The predicted molar refractivity (Wildman–Crippen MR) is 175 cm³/mol. The van der Waals surface area contributed by atoms with E-state index in [0.29, 0.717) is 44.0 Å². The molecule has 0 amide bonds. The molecule has 0 unspecified atom stereocenters. The molecule has 0 N–H and O–H groups in total. The Morgan fingerprint density at radius 2 is 1.09 bits per heavy atom. The summed E-state index contributed by atoms with van der Waals surface area (Å²) in [5.74, 6) is -1.34. The first kappa shape index (κ1) is 36.3. The highest BCUT2D eigenvalue weighted by Gasteiger charge is 2.21. The number of carbonyl (C=O) groups excluding carboxylic acids is 4. The SMILES string of the molecule is C=CC(=O)OCCCCCOC(=O)c1cc(OC(=O)c2ccc(OCCCC)cc2)ccc1OC(=O)c1ccc(OCCCC)cc1. The summed E-state index contributed by atoms with van der Waals surface area (Å²) in [5, 5.41) is 0. The summed E-state index contributed by atoms with van der Waals surface area (Å²) in [6.45, 7) is 8.94. The van der Waals surface area contributed by atoms with E-state index in [4.69, 9.17) is 28.4 Å². The van der Waals surface area contributed by atoms with Crippen LogP contribution in [0.15, 0.2) is 79.4 Å². The molecule has 0 bridgehead atoms. The van der Waals surface area contributed by atoms with Crippen molar-refractivity contribution in [2.75, 3.05) is 26.4 Å². The van der Waals surface area contributed by atoms with Crippen molar-refractivity contribution in [3.63, 3.8) is 0 Å².